The van der Waals surface area contributed by atoms with Gasteiger partial charge < -0.3 is 4.90 Å². The summed E-state index contributed by atoms with van der Waals surface area (Å²) >= 11 is 4.03. The van der Waals surface area contributed by atoms with Crippen molar-refractivity contribution in [1.29, 1.82) is 0 Å². The highest BCUT2D eigenvalue weighted by atomic mass is 79.9. The molecule has 3 aromatic rings. The van der Waals surface area contributed by atoms with E-state index in [0.29, 0.717) is 11.3 Å². The molecule has 0 unspecified atom stereocenters. The van der Waals surface area contributed by atoms with Gasteiger partial charge >= 0.3 is 0 Å². The van der Waals surface area contributed by atoms with Gasteiger partial charge in [-0.25, -0.2) is 4.90 Å². The number of carbonyl (C=O) groups is 3. The Morgan fingerprint density at radius 1 is 0.778 bits per heavy atom. The molecular formula is C30H25BrN2O3. The summed E-state index contributed by atoms with van der Waals surface area (Å²) in [7, 11) is 0. The summed E-state index contributed by atoms with van der Waals surface area (Å²) in [6, 6.07) is 23.3. The summed E-state index contributed by atoms with van der Waals surface area (Å²) in [4.78, 5) is 44.2. The van der Waals surface area contributed by atoms with Gasteiger partial charge in [0.2, 0.25) is 11.8 Å². The molecule has 180 valence electrons. The number of piperidine rings is 1. The summed E-state index contributed by atoms with van der Waals surface area (Å²) in [6.07, 6.45) is 3.22. The van der Waals surface area contributed by atoms with Crippen LogP contribution in [0, 0.1) is 11.8 Å². The highest BCUT2D eigenvalue weighted by molar-refractivity contribution is 9.09. The van der Waals surface area contributed by atoms with Gasteiger partial charge in [-0.2, -0.15) is 0 Å². The Hall–Kier alpha value is -3.25. The van der Waals surface area contributed by atoms with E-state index in [-0.39, 0.29) is 23.6 Å². The zero-order valence-electron chi connectivity index (χ0n) is 19.7. The maximum Gasteiger partial charge on any atom is 0.253 e. The summed E-state index contributed by atoms with van der Waals surface area (Å²) in [6.45, 7) is 1.56. The van der Waals surface area contributed by atoms with Gasteiger partial charge in [0, 0.05) is 24.6 Å². The molecule has 3 amide bonds. The lowest BCUT2D eigenvalue weighted by molar-refractivity contribution is -0.122. The third kappa shape index (κ3) is 2.79. The van der Waals surface area contributed by atoms with Crippen molar-refractivity contribution >= 4 is 39.3 Å². The van der Waals surface area contributed by atoms with Gasteiger partial charge in [-0.05, 0) is 65.8 Å². The maximum atomic E-state index is 14.0. The molecule has 3 aromatic carbocycles. The summed E-state index contributed by atoms with van der Waals surface area (Å²) < 4.78 is -0.759. The van der Waals surface area contributed by atoms with Gasteiger partial charge in [-0.1, -0.05) is 64.5 Å². The maximum absolute atomic E-state index is 14.0. The quantitative estimate of drug-likeness (QED) is 0.331. The molecular weight excluding hydrogens is 516 g/mol. The second-order valence-corrected chi connectivity index (χ2v) is 11.5. The Labute approximate surface area is 218 Å². The van der Waals surface area contributed by atoms with E-state index in [0.717, 1.165) is 54.6 Å². The largest absolute Gasteiger partial charge is 0.339 e. The highest BCUT2D eigenvalue weighted by Gasteiger charge is 2.67. The third-order valence-electron chi connectivity index (χ3n) is 8.53. The monoisotopic (exact) mass is 540 g/mol. The second kappa shape index (κ2) is 7.87. The van der Waals surface area contributed by atoms with Crippen LogP contribution in [-0.2, 0) is 13.9 Å². The molecule has 0 radical (unpaired) electrons. The molecule has 2 bridgehead atoms. The van der Waals surface area contributed by atoms with Crippen molar-refractivity contribution in [2.45, 2.75) is 29.5 Å². The van der Waals surface area contributed by atoms with Crippen LogP contribution in [0.15, 0.2) is 72.8 Å². The van der Waals surface area contributed by atoms with E-state index in [2.05, 4.69) is 40.2 Å². The molecule has 5 nitrogen and oxygen atoms in total. The fourth-order valence-electron chi connectivity index (χ4n) is 6.97. The van der Waals surface area contributed by atoms with E-state index >= 15 is 0 Å². The van der Waals surface area contributed by atoms with E-state index in [9.17, 15) is 14.4 Å². The first kappa shape index (κ1) is 22.0. The number of alkyl halides is 1. The molecule has 0 saturated carbocycles. The van der Waals surface area contributed by atoms with Crippen molar-refractivity contribution in [2.24, 2.45) is 11.8 Å². The molecule has 2 atom stereocenters. The van der Waals surface area contributed by atoms with Gasteiger partial charge in [0.25, 0.3) is 5.91 Å². The molecule has 2 saturated heterocycles. The number of rotatable bonds is 2. The Morgan fingerprint density at radius 3 is 1.97 bits per heavy atom. The van der Waals surface area contributed by atoms with E-state index in [1.165, 1.54) is 4.90 Å². The van der Waals surface area contributed by atoms with Crippen molar-refractivity contribution in [3.05, 3.63) is 101 Å². The molecule has 8 rings (SSSR count). The van der Waals surface area contributed by atoms with Crippen LogP contribution in [0.5, 0.6) is 0 Å². The van der Waals surface area contributed by atoms with Gasteiger partial charge in [0.15, 0.2) is 0 Å². The fourth-order valence-corrected chi connectivity index (χ4v) is 8.17. The number of halogens is 1. The standard InChI is InChI=1S/C30H25BrN2O3/c31-30-22-10-4-2-8-20(22)24(21-9-3-5-11-23(21)30)25-26(30)29(36)33(28(25)35)19-14-12-18(13-15-19)27(34)32-16-6-1-7-17-32/h2-5,8-15,24-26H,1,6-7,16-17H2/t24?,25-,26+,30?/m1/s1. The normalized spacial score (nSPS) is 28.1. The van der Waals surface area contributed by atoms with Gasteiger partial charge in [0.05, 0.1) is 21.8 Å². The van der Waals surface area contributed by atoms with Crippen molar-refractivity contribution in [3.8, 4) is 0 Å². The van der Waals surface area contributed by atoms with Crippen molar-refractivity contribution < 1.29 is 14.4 Å². The first-order valence-corrected chi connectivity index (χ1v) is 13.5. The van der Waals surface area contributed by atoms with E-state index in [1.807, 2.05) is 29.2 Å². The number of nitrogens with zero attached hydrogens (tertiary/aromatic N) is 2. The van der Waals surface area contributed by atoms with Crippen molar-refractivity contribution in [2.75, 3.05) is 18.0 Å². The number of likely N-dealkylation sites (tertiary alicyclic amines) is 1. The number of hydrogen-bond acceptors (Lipinski definition) is 3. The third-order valence-corrected chi connectivity index (χ3v) is 9.88. The number of carbonyl (C=O) groups excluding carboxylic acids is 3. The second-order valence-electron chi connectivity index (χ2n) is 10.3. The Morgan fingerprint density at radius 2 is 1.36 bits per heavy atom. The minimum Gasteiger partial charge on any atom is -0.339 e. The van der Waals surface area contributed by atoms with Crippen LogP contribution in [0.25, 0.3) is 0 Å². The van der Waals surface area contributed by atoms with Gasteiger partial charge in [-0.3, -0.25) is 14.4 Å². The molecule has 0 spiro atoms. The SMILES string of the molecule is O=C(c1ccc(N2C(=O)[C@@H]3C4c5ccccc5C(Br)(c5ccccc54)[C@@H]3C2=O)cc1)N1CCCCC1. The molecule has 2 fully saturated rings. The van der Waals surface area contributed by atoms with Crippen LogP contribution in [0.4, 0.5) is 5.69 Å². The number of benzene rings is 3. The molecule has 0 N–H and O–H groups in total. The lowest BCUT2D eigenvalue weighted by Gasteiger charge is -2.51. The average Bonchev–Trinajstić information content (AvgIpc) is 3.20. The zero-order valence-corrected chi connectivity index (χ0v) is 21.3. The number of hydrogen-bond donors (Lipinski definition) is 0. The summed E-state index contributed by atoms with van der Waals surface area (Å²) in [5.41, 5.74) is 5.48. The van der Waals surface area contributed by atoms with Crippen LogP contribution in [0.2, 0.25) is 0 Å². The number of imide groups is 1. The van der Waals surface area contributed by atoms with Gasteiger partial charge in [0.1, 0.15) is 0 Å². The highest BCUT2D eigenvalue weighted by Crippen LogP contribution is 2.66. The topological polar surface area (TPSA) is 57.7 Å². The fraction of sp³-hybridized carbons (Fsp3) is 0.300. The molecule has 2 aliphatic heterocycles. The average molecular weight is 541 g/mol. The molecule has 6 heteroatoms. The Bertz CT molecular complexity index is 1380. The molecule has 2 heterocycles. The smallest absolute Gasteiger partial charge is 0.253 e. The lowest BCUT2D eigenvalue weighted by Crippen LogP contribution is -2.50. The van der Waals surface area contributed by atoms with Crippen molar-refractivity contribution in [1.82, 2.24) is 4.90 Å². The van der Waals surface area contributed by atoms with Crippen LogP contribution >= 0.6 is 15.9 Å². The first-order valence-electron chi connectivity index (χ1n) is 12.7. The number of anilines is 1. The van der Waals surface area contributed by atoms with E-state index in [4.69, 9.17) is 0 Å². The molecule has 0 aromatic heterocycles. The molecule has 5 aliphatic rings. The molecule has 36 heavy (non-hydrogen) atoms. The lowest BCUT2D eigenvalue weighted by atomic mass is 9.55. The molecule has 3 aliphatic carbocycles. The predicted octanol–water partition coefficient (Wildman–Crippen LogP) is 5.22. The first-order chi connectivity index (χ1) is 17.5. The van der Waals surface area contributed by atoms with Gasteiger partial charge in [-0.15, -0.1) is 0 Å². The van der Waals surface area contributed by atoms with Crippen molar-refractivity contribution in [3.63, 3.8) is 0 Å². The number of amides is 3. The van der Waals surface area contributed by atoms with Crippen LogP contribution in [0.1, 0.15) is 57.8 Å². The Kier molecular flexibility index (Phi) is 4.81. The summed E-state index contributed by atoms with van der Waals surface area (Å²) in [5.74, 6) is -1.52. The van der Waals surface area contributed by atoms with Crippen LogP contribution in [-0.4, -0.2) is 35.7 Å². The van der Waals surface area contributed by atoms with Crippen LogP contribution < -0.4 is 4.90 Å². The Balaban J connectivity index is 1.28. The zero-order chi connectivity index (χ0) is 24.6. The summed E-state index contributed by atoms with van der Waals surface area (Å²) in [5, 5.41) is 0. The van der Waals surface area contributed by atoms with Crippen LogP contribution in [0.3, 0.4) is 0 Å². The van der Waals surface area contributed by atoms with E-state index < -0.39 is 16.2 Å². The minimum absolute atomic E-state index is 0.0114. The van der Waals surface area contributed by atoms with E-state index in [1.54, 1.807) is 24.3 Å². The minimum atomic E-state index is -0.759. The predicted molar refractivity (Wildman–Crippen MR) is 140 cm³/mol.